The number of aromatic nitrogens is 2. The molecule has 100 valence electrons. The molecule has 2 rings (SSSR count). The van der Waals surface area contributed by atoms with Crippen LogP contribution in [0.4, 0.5) is 0 Å². The van der Waals surface area contributed by atoms with Gasteiger partial charge in [0, 0.05) is 0 Å². The van der Waals surface area contributed by atoms with E-state index >= 15 is 0 Å². The van der Waals surface area contributed by atoms with E-state index in [1.54, 1.807) is 13.0 Å². The van der Waals surface area contributed by atoms with Gasteiger partial charge < -0.3 is 5.11 Å². The third-order valence-electron chi connectivity index (χ3n) is 2.69. The molecule has 0 saturated carbocycles. The van der Waals surface area contributed by atoms with Gasteiger partial charge >= 0.3 is 5.69 Å². The zero-order valence-electron chi connectivity index (χ0n) is 9.91. The second kappa shape index (κ2) is 5.11. The van der Waals surface area contributed by atoms with Gasteiger partial charge in [-0.1, -0.05) is 36.2 Å². The molecule has 0 saturated heterocycles. The van der Waals surface area contributed by atoms with E-state index in [0.717, 1.165) is 4.57 Å². The summed E-state index contributed by atoms with van der Waals surface area (Å²) in [7, 11) is 0. The molecule has 7 heteroatoms. The highest BCUT2D eigenvalue weighted by atomic mass is 35.5. The van der Waals surface area contributed by atoms with Crippen molar-refractivity contribution in [2.24, 2.45) is 0 Å². The van der Waals surface area contributed by atoms with E-state index in [1.807, 2.05) is 0 Å². The highest BCUT2D eigenvalue weighted by Crippen LogP contribution is 2.30. The molecular weight excluding hydrogens is 291 g/mol. The Kier molecular flexibility index (Phi) is 3.68. The van der Waals surface area contributed by atoms with Gasteiger partial charge in [0.2, 0.25) is 5.88 Å². The van der Waals surface area contributed by atoms with E-state index < -0.39 is 17.1 Å². The Morgan fingerprint density at radius 2 is 1.84 bits per heavy atom. The molecule has 0 radical (unpaired) electrons. The maximum atomic E-state index is 11.9. The number of hydrogen-bond donors (Lipinski definition) is 2. The SMILES string of the molecule is CCc1c(O)n(-c2c(Cl)cccc2Cl)c(=O)[nH]c1=O. The first-order chi connectivity index (χ1) is 8.97. The molecule has 0 fully saturated rings. The molecule has 0 atom stereocenters. The van der Waals surface area contributed by atoms with E-state index in [2.05, 4.69) is 4.98 Å². The molecule has 2 N–H and O–H groups in total. The highest BCUT2D eigenvalue weighted by molar-refractivity contribution is 6.37. The van der Waals surface area contributed by atoms with Gasteiger partial charge in [-0.05, 0) is 18.6 Å². The van der Waals surface area contributed by atoms with Crippen molar-refractivity contribution in [3.63, 3.8) is 0 Å². The lowest BCUT2D eigenvalue weighted by atomic mass is 10.2. The van der Waals surface area contributed by atoms with Gasteiger partial charge in [0.05, 0.1) is 21.3 Å². The van der Waals surface area contributed by atoms with Crippen LogP contribution in [-0.4, -0.2) is 14.7 Å². The number of aromatic hydroxyl groups is 1. The van der Waals surface area contributed by atoms with Crippen molar-refractivity contribution in [2.45, 2.75) is 13.3 Å². The minimum atomic E-state index is -0.797. The molecule has 0 amide bonds. The molecule has 5 nitrogen and oxygen atoms in total. The predicted molar refractivity (Wildman–Crippen MR) is 73.7 cm³/mol. The number of benzene rings is 1. The van der Waals surface area contributed by atoms with Crippen LogP contribution < -0.4 is 11.2 Å². The summed E-state index contributed by atoms with van der Waals surface area (Å²) in [4.78, 5) is 25.5. The van der Waals surface area contributed by atoms with Crippen LogP contribution in [-0.2, 0) is 6.42 Å². The summed E-state index contributed by atoms with van der Waals surface area (Å²) in [5.41, 5.74) is -1.19. The first-order valence-corrected chi connectivity index (χ1v) is 6.24. The van der Waals surface area contributed by atoms with E-state index in [-0.39, 0.29) is 27.7 Å². The van der Waals surface area contributed by atoms with Crippen LogP contribution in [0.5, 0.6) is 5.88 Å². The first-order valence-electron chi connectivity index (χ1n) is 5.49. The normalized spacial score (nSPS) is 10.7. The lowest BCUT2D eigenvalue weighted by molar-refractivity contribution is 0.423. The molecular formula is C12H10Cl2N2O3. The Balaban J connectivity index is 2.91. The number of hydrogen-bond acceptors (Lipinski definition) is 3. The average molecular weight is 301 g/mol. The standard InChI is InChI=1S/C12H10Cl2N2O3/c1-2-6-10(17)15-12(19)16(11(6)18)9-7(13)4-3-5-8(9)14/h3-5,18H,2H2,1H3,(H,15,17,19). The number of aromatic amines is 1. The van der Waals surface area contributed by atoms with Crippen molar-refractivity contribution < 1.29 is 5.11 Å². The topological polar surface area (TPSA) is 75.1 Å². The number of para-hydroxylation sites is 1. The van der Waals surface area contributed by atoms with Crippen LogP contribution in [0.2, 0.25) is 10.0 Å². The number of halogens is 2. The number of rotatable bonds is 2. The summed E-state index contributed by atoms with van der Waals surface area (Å²) in [6, 6.07) is 4.68. The molecule has 0 aliphatic carbocycles. The van der Waals surface area contributed by atoms with Gasteiger partial charge in [-0.25, -0.2) is 9.36 Å². The second-order valence-electron chi connectivity index (χ2n) is 3.82. The maximum Gasteiger partial charge on any atom is 0.335 e. The van der Waals surface area contributed by atoms with E-state index in [0.29, 0.717) is 0 Å². The third kappa shape index (κ3) is 2.27. The lowest BCUT2D eigenvalue weighted by Crippen LogP contribution is -2.31. The summed E-state index contributed by atoms with van der Waals surface area (Å²) in [6.07, 6.45) is 0.267. The van der Waals surface area contributed by atoms with Gasteiger partial charge in [0.1, 0.15) is 0 Å². The summed E-state index contributed by atoms with van der Waals surface area (Å²) >= 11 is 12.0. The summed E-state index contributed by atoms with van der Waals surface area (Å²) in [5.74, 6) is -0.453. The third-order valence-corrected chi connectivity index (χ3v) is 3.30. The largest absolute Gasteiger partial charge is 0.494 e. The van der Waals surface area contributed by atoms with Crippen molar-refractivity contribution in [1.82, 2.24) is 9.55 Å². The second-order valence-corrected chi connectivity index (χ2v) is 4.64. The summed E-state index contributed by atoms with van der Waals surface area (Å²) in [5, 5.41) is 10.5. The number of nitrogens with one attached hydrogen (secondary N) is 1. The van der Waals surface area contributed by atoms with Gasteiger partial charge in [-0.3, -0.25) is 9.78 Å². The van der Waals surface area contributed by atoms with Crippen molar-refractivity contribution in [3.8, 4) is 11.6 Å². The highest BCUT2D eigenvalue weighted by Gasteiger charge is 2.18. The quantitative estimate of drug-likeness (QED) is 0.892. The van der Waals surface area contributed by atoms with Gasteiger partial charge in [-0.15, -0.1) is 0 Å². The Morgan fingerprint density at radius 3 is 2.37 bits per heavy atom. The summed E-state index contributed by atoms with van der Waals surface area (Å²) in [6.45, 7) is 1.69. The molecule has 1 heterocycles. The van der Waals surface area contributed by atoms with Crippen molar-refractivity contribution in [3.05, 3.63) is 54.6 Å². The Hall–Kier alpha value is -1.72. The van der Waals surface area contributed by atoms with Crippen molar-refractivity contribution in [1.29, 1.82) is 0 Å². The lowest BCUT2D eigenvalue weighted by Gasteiger charge is -2.13. The molecule has 0 aliphatic rings. The van der Waals surface area contributed by atoms with E-state index in [1.165, 1.54) is 12.1 Å². The molecule has 0 bridgehead atoms. The molecule has 2 aromatic rings. The molecule has 19 heavy (non-hydrogen) atoms. The molecule has 1 aromatic heterocycles. The van der Waals surface area contributed by atoms with Crippen molar-refractivity contribution in [2.75, 3.05) is 0 Å². The zero-order valence-corrected chi connectivity index (χ0v) is 11.4. The monoisotopic (exact) mass is 300 g/mol. The van der Waals surface area contributed by atoms with Crippen LogP contribution in [0.1, 0.15) is 12.5 Å². The van der Waals surface area contributed by atoms with Crippen LogP contribution in [0.3, 0.4) is 0 Å². The number of nitrogens with zero attached hydrogens (tertiary/aromatic N) is 1. The fourth-order valence-corrected chi connectivity index (χ4v) is 2.36. The van der Waals surface area contributed by atoms with Crippen LogP contribution in [0.25, 0.3) is 5.69 Å². The minimum Gasteiger partial charge on any atom is -0.494 e. The maximum absolute atomic E-state index is 11.9. The predicted octanol–water partition coefficient (Wildman–Crippen LogP) is 2.10. The Morgan fingerprint density at radius 1 is 1.26 bits per heavy atom. The van der Waals surface area contributed by atoms with Gasteiger partial charge in [0.25, 0.3) is 5.56 Å². The molecule has 0 aliphatic heterocycles. The first kappa shape index (κ1) is 13.7. The fraction of sp³-hybridized carbons (Fsp3) is 0.167. The molecule has 0 unspecified atom stereocenters. The van der Waals surface area contributed by atoms with E-state index in [9.17, 15) is 14.7 Å². The minimum absolute atomic E-state index is 0.0931. The smallest absolute Gasteiger partial charge is 0.335 e. The van der Waals surface area contributed by atoms with E-state index in [4.69, 9.17) is 23.2 Å². The Labute approximate surface area is 118 Å². The van der Waals surface area contributed by atoms with Crippen LogP contribution in [0.15, 0.2) is 27.8 Å². The summed E-state index contributed by atoms with van der Waals surface area (Å²) < 4.78 is 0.894. The van der Waals surface area contributed by atoms with Crippen LogP contribution >= 0.6 is 23.2 Å². The molecule has 1 aromatic carbocycles. The van der Waals surface area contributed by atoms with Crippen molar-refractivity contribution >= 4 is 23.2 Å². The average Bonchev–Trinajstić information content (AvgIpc) is 2.33. The fourth-order valence-electron chi connectivity index (χ4n) is 1.79. The van der Waals surface area contributed by atoms with Crippen LogP contribution in [0, 0.1) is 0 Å². The Bertz CT molecular complexity index is 729. The van der Waals surface area contributed by atoms with Gasteiger partial charge in [0.15, 0.2) is 0 Å². The zero-order chi connectivity index (χ0) is 14.2. The molecule has 0 spiro atoms. The van der Waals surface area contributed by atoms with Gasteiger partial charge in [-0.2, -0.15) is 0 Å². The number of H-pyrrole nitrogens is 1.